The predicted octanol–water partition coefficient (Wildman–Crippen LogP) is -4.29. The van der Waals surface area contributed by atoms with Crippen LogP contribution < -0.4 is 18.9 Å². The Labute approximate surface area is 42.3 Å². The smallest absolute Gasteiger partial charge is 1.00 e. The Morgan fingerprint density at radius 2 is 1.40 bits per heavy atom. The summed E-state index contributed by atoms with van der Waals surface area (Å²) in [5, 5.41) is 0. The molecule has 0 unspecified atom stereocenters. The van der Waals surface area contributed by atoms with Crippen molar-refractivity contribution in [3.8, 4) is 0 Å². The van der Waals surface area contributed by atoms with Crippen molar-refractivity contribution in [2.24, 2.45) is 0 Å². The fourth-order valence-electron chi connectivity index (χ4n) is 0. The van der Waals surface area contributed by atoms with E-state index in [1.54, 1.807) is 0 Å². The first kappa shape index (κ1) is 20.4. The van der Waals surface area contributed by atoms with Gasteiger partial charge in [0.1, 0.15) is 0 Å². The Morgan fingerprint density at radius 1 is 1.40 bits per heavy atom. The van der Waals surface area contributed by atoms with E-state index in [-0.39, 0.29) is 31.9 Å². The van der Waals surface area contributed by atoms with Gasteiger partial charge in [-0.3, -0.25) is 0 Å². The van der Waals surface area contributed by atoms with Gasteiger partial charge in [-0.2, -0.15) is 9.59 Å². The average molecular weight is 70.0 g/mol. The molecule has 0 atom stereocenters. The second-order valence-corrected chi connectivity index (χ2v) is 0.0833. The molecule has 0 spiro atoms. The molecule has 0 heterocycles. The van der Waals surface area contributed by atoms with Gasteiger partial charge >= 0.3 is 25.0 Å². The van der Waals surface area contributed by atoms with Crippen LogP contribution in [0.5, 0.6) is 0 Å². The van der Waals surface area contributed by atoms with Crippen LogP contribution in [0, 0.1) is 0 Å². The molecule has 26 valence electrons. The summed E-state index contributed by atoms with van der Waals surface area (Å²) in [5.41, 5.74) is 0. The third-order valence-electron chi connectivity index (χ3n) is 0. The van der Waals surface area contributed by atoms with Crippen molar-refractivity contribution in [3.05, 3.63) is 0 Å². The van der Waals surface area contributed by atoms with Crippen LogP contribution in [0.2, 0.25) is 0 Å². The first-order valence-corrected chi connectivity index (χ1v) is 0.408. The maximum Gasteiger partial charge on any atom is 1.00 e. The molecule has 0 aromatic carbocycles. The van der Waals surface area contributed by atoms with E-state index in [4.69, 9.17) is 9.59 Å². The van der Waals surface area contributed by atoms with Gasteiger partial charge < -0.3 is 6.90 Å². The third kappa shape index (κ3) is 3770. The Balaban J connectivity index is -0.00000000667. The standard InChI is InChI=1S/CO2.Li.H2O.H/c2-1-3;;;/h;;1H2;/q;+1;;-1. The predicted molar refractivity (Wildman–Crippen MR) is 9.73 cm³/mol. The molecule has 0 aliphatic heterocycles. The van der Waals surface area contributed by atoms with E-state index >= 15 is 0 Å². The number of carbonyl (C=O) groups excluding carboxylic acids is 2. The minimum atomic E-state index is 0. The van der Waals surface area contributed by atoms with Crippen LogP contribution in [0.3, 0.4) is 0 Å². The van der Waals surface area contributed by atoms with Crippen molar-refractivity contribution < 1.29 is 35.4 Å². The van der Waals surface area contributed by atoms with E-state index < -0.39 is 0 Å². The van der Waals surface area contributed by atoms with Gasteiger partial charge in [-0.1, -0.05) is 0 Å². The van der Waals surface area contributed by atoms with E-state index in [1.807, 2.05) is 0 Å². The van der Waals surface area contributed by atoms with Crippen LogP contribution in [-0.4, -0.2) is 11.6 Å². The minimum absolute atomic E-state index is 0. The molecule has 0 aromatic rings. The van der Waals surface area contributed by atoms with Crippen molar-refractivity contribution >= 4 is 6.15 Å². The molecule has 0 rings (SSSR count). The zero-order valence-electron chi connectivity index (χ0n) is 3.82. The van der Waals surface area contributed by atoms with Crippen LogP contribution in [0.15, 0.2) is 0 Å². The van der Waals surface area contributed by atoms with Crippen LogP contribution >= 0.6 is 0 Å². The Kier molecular flexibility index (Phi) is 158. The van der Waals surface area contributed by atoms with Crippen molar-refractivity contribution in [3.63, 3.8) is 0 Å². The Hall–Kier alpha value is -0.0626. The second-order valence-electron chi connectivity index (χ2n) is 0.0833. The maximum atomic E-state index is 8.12. The molecule has 0 aliphatic carbocycles. The first-order valence-electron chi connectivity index (χ1n) is 0.408. The number of hydrogen-bond donors (Lipinski definition) is 0. The molecule has 0 saturated carbocycles. The summed E-state index contributed by atoms with van der Waals surface area (Å²) in [5.74, 6) is 0. The molecule has 0 saturated heterocycles. The Bertz CT molecular complexity index is 31.8. The van der Waals surface area contributed by atoms with Crippen LogP contribution in [0.1, 0.15) is 1.43 Å². The largest absolute Gasteiger partial charge is 1.00 e. The van der Waals surface area contributed by atoms with Gasteiger partial charge in [0.2, 0.25) is 0 Å². The molecular formula is CH3LiO3. The van der Waals surface area contributed by atoms with E-state index in [2.05, 4.69) is 0 Å². The maximum absolute atomic E-state index is 8.12. The van der Waals surface area contributed by atoms with E-state index in [1.165, 1.54) is 0 Å². The number of rotatable bonds is 0. The average Bonchev–Trinajstić information content (AvgIpc) is 0.918. The van der Waals surface area contributed by atoms with Gasteiger partial charge in [0, 0.05) is 0 Å². The van der Waals surface area contributed by atoms with Gasteiger partial charge in [0.15, 0.2) is 0 Å². The molecule has 0 radical (unpaired) electrons. The van der Waals surface area contributed by atoms with Crippen LogP contribution in [-0.2, 0) is 9.59 Å². The summed E-state index contributed by atoms with van der Waals surface area (Å²) in [6, 6.07) is 0. The summed E-state index contributed by atoms with van der Waals surface area (Å²) < 4.78 is 0. The van der Waals surface area contributed by atoms with Crippen molar-refractivity contribution in [1.82, 2.24) is 0 Å². The summed E-state index contributed by atoms with van der Waals surface area (Å²) in [4.78, 5) is 16.2. The zero-order valence-corrected chi connectivity index (χ0v) is 2.82. The molecule has 0 amide bonds. The molecule has 0 fully saturated rings. The molecule has 0 bridgehead atoms. The van der Waals surface area contributed by atoms with Crippen molar-refractivity contribution in [2.45, 2.75) is 0 Å². The zero-order chi connectivity index (χ0) is 2.71. The number of hydrogen-bond acceptors (Lipinski definition) is 2. The van der Waals surface area contributed by atoms with Gasteiger partial charge in [-0.05, 0) is 0 Å². The molecule has 0 aromatic heterocycles. The Morgan fingerprint density at radius 3 is 1.40 bits per heavy atom. The topological polar surface area (TPSA) is 65.6 Å². The third-order valence-corrected chi connectivity index (χ3v) is 0. The quantitative estimate of drug-likeness (QED) is 0.271. The monoisotopic (exact) mass is 70.0 g/mol. The summed E-state index contributed by atoms with van der Waals surface area (Å²) >= 11 is 0. The van der Waals surface area contributed by atoms with Crippen molar-refractivity contribution in [1.29, 1.82) is 0 Å². The van der Waals surface area contributed by atoms with E-state index in [0.717, 1.165) is 0 Å². The SMILES string of the molecule is O.O=C=O.[H-].[Li+]. The summed E-state index contributed by atoms with van der Waals surface area (Å²) in [7, 11) is 0. The molecule has 4 heteroatoms. The van der Waals surface area contributed by atoms with Gasteiger partial charge in [-0.25, -0.2) is 0 Å². The molecule has 5 heavy (non-hydrogen) atoms. The van der Waals surface area contributed by atoms with Crippen molar-refractivity contribution in [2.75, 3.05) is 0 Å². The normalized spacial score (nSPS) is 1.60. The van der Waals surface area contributed by atoms with E-state index in [9.17, 15) is 0 Å². The van der Waals surface area contributed by atoms with Crippen LogP contribution in [0.25, 0.3) is 0 Å². The molecule has 0 aliphatic rings. The second kappa shape index (κ2) is 38.7. The van der Waals surface area contributed by atoms with E-state index in [0.29, 0.717) is 0 Å². The van der Waals surface area contributed by atoms with Gasteiger partial charge in [0.25, 0.3) is 0 Å². The minimum Gasteiger partial charge on any atom is -1.00 e. The fraction of sp³-hybridized carbons (Fsp3) is 0. The van der Waals surface area contributed by atoms with Crippen LogP contribution in [0.4, 0.5) is 0 Å². The summed E-state index contributed by atoms with van der Waals surface area (Å²) in [6.45, 7) is 0. The molecular weight excluding hydrogens is 66.9 g/mol. The molecule has 2 N–H and O–H groups in total. The fourth-order valence-corrected chi connectivity index (χ4v) is 0. The van der Waals surface area contributed by atoms with Gasteiger partial charge in [-0.15, -0.1) is 0 Å². The van der Waals surface area contributed by atoms with Gasteiger partial charge in [0.05, 0.1) is 0 Å². The first-order chi connectivity index (χ1) is 1.41. The molecule has 3 nitrogen and oxygen atoms in total. The summed E-state index contributed by atoms with van der Waals surface area (Å²) in [6.07, 6.45) is 0.250.